The molecule has 0 aliphatic heterocycles. The second kappa shape index (κ2) is 6.24. The van der Waals surface area contributed by atoms with Crippen LogP contribution in [-0.4, -0.2) is 22.1 Å². The summed E-state index contributed by atoms with van der Waals surface area (Å²) in [5.74, 6) is -1.27. The Morgan fingerprint density at radius 2 is 1.53 bits per heavy atom. The van der Waals surface area contributed by atoms with E-state index in [9.17, 15) is 4.79 Å². The zero-order valence-corrected chi connectivity index (χ0v) is 8.92. The number of carbonyl (C=O) groups is 1. The summed E-state index contributed by atoms with van der Waals surface area (Å²) in [6.45, 7) is 0. The van der Waals surface area contributed by atoms with Crippen LogP contribution in [0.2, 0.25) is 0 Å². The van der Waals surface area contributed by atoms with E-state index in [0.717, 1.165) is 0 Å². The number of hydrogen-bond acceptors (Lipinski definition) is 3. The highest BCUT2D eigenvalue weighted by molar-refractivity contribution is 5.95. The van der Waals surface area contributed by atoms with Gasteiger partial charge in [-0.15, -0.1) is 0 Å². The highest BCUT2D eigenvalue weighted by Crippen LogP contribution is 1.99. The highest BCUT2D eigenvalue weighted by atomic mass is 16.5. The van der Waals surface area contributed by atoms with Crippen LogP contribution in [0.15, 0.2) is 48.5 Å². The monoisotopic (exact) mass is 232 g/mol. The Hall–Kier alpha value is -2.40. The van der Waals surface area contributed by atoms with Gasteiger partial charge in [-0.3, -0.25) is 16.1 Å². The summed E-state index contributed by atoms with van der Waals surface area (Å²) in [6.07, 6.45) is 0. The largest absolute Gasteiger partial charge is 0.478 e. The molecular weight excluding hydrogens is 220 g/mol. The SMILES string of the molecule is N=C(NO)c1ccccccc(C(=O)O)cc1. The summed E-state index contributed by atoms with van der Waals surface area (Å²) in [7, 11) is 0. The first-order valence-corrected chi connectivity index (χ1v) is 4.81. The standard InChI is InChI=1S/C12H12N2O3/c13-11(14-17)9-5-3-1-2-4-6-10(8-7-9)12(15)16/h1-8,17H,(H2,13,14)(H,15,16). The molecule has 4 N–H and O–H groups in total. The average Bonchev–Trinajstić information content (AvgIpc) is 2.34. The van der Waals surface area contributed by atoms with Crippen molar-refractivity contribution in [1.82, 2.24) is 5.48 Å². The van der Waals surface area contributed by atoms with E-state index in [0.29, 0.717) is 5.56 Å². The lowest BCUT2D eigenvalue weighted by Crippen LogP contribution is -2.18. The van der Waals surface area contributed by atoms with Gasteiger partial charge in [-0.2, -0.15) is 0 Å². The lowest BCUT2D eigenvalue weighted by Gasteiger charge is -1.98. The molecule has 0 heterocycles. The van der Waals surface area contributed by atoms with Gasteiger partial charge in [0.05, 0.1) is 5.56 Å². The van der Waals surface area contributed by atoms with Gasteiger partial charge in [0.25, 0.3) is 0 Å². The highest BCUT2D eigenvalue weighted by Gasteiger charge is 1.99. The minimum absolute atomic E-state index is 0.0909. The molecule has 0 fully saturated rings. The van der Waals surface area contributed by atoms with Gasteiger partial charge in [0, 0.05) is 5.56 Å². The second-order valence-electron chi connectivity index (χ2n) is 3.14. The maximum Gasteiger partial charge on any atom is 0.335 e. The third-order valence-electron chi connectivity index (χ3n) is 1.97. The fraction of sp³-hybridized carbons (Fsp3) is 0. The molecule has 0 aliphatic carbocycles. The predicted octanol–water partition coefficient (Wildman–Crippen LogP) is 1.81. The van der Waals surface area contributed by atoms with Crippen molar-refractivity contribution in [2.45, 2.75) is 0 Å². The van der Waals surface area contributed by atoms with Gasteiger partial charge < -0.3 is 5.11 Å². The Morgan fingerprint density at radius 1 is 1.00 bits per heavy atom. The third-order valence-corrected chi connectivity index (χ3v) is 1.97. The smallest absolute Gasteiger partial charge is 0.335 e. The topological polar surface area (TPSA) is 93.4 Å². The van der Waals surface area contributed by atoms with Crippen LogP contribution in [0.3, 0.4) is 0 Å². The lowest BCUT2D eigenvalue weighted by atomic mass is 10.2. The van der Waals surface area contributed by atoms with Crippen LogP contribution in [0.25, 0.3) is 0 Å². The maximum atomic E-state index is 10.9. The van der Waals surface area contributed by atoms with Gasteiger partial charge in [0.1, 0.15) is 5.84 Å². The van der Waals surface area contributed by atoms with Crippen molar-refractivity contribution in [2.75, 3.05) is 0 Å². The number of hydroxylamine groups is 1. The van der Waals surface area contributed by atoms with Crippen LogP contribution in [0.4, 0.5) is 0 Å². The molecule has 88 valence electrons. The second-order valence-corrected chi connectivity index (χ2v) is 3.14. The quantitative estimate of drug-likeness (QED) is 0.355. The van der Waals surface area contributed by atoms with Crippen molar-refractivity contribution in [3.8, 4) is 0 Å². The summed E-state index contributed by atoms with van der Waals surface area (Å²) in [4.78, 5) is 10.9. The van der Waals surface area contributed by atoms with Gasteiger partial charge in [-0.1, -0.05) is 36.4 Å². The van der Waals surface area contributed by atoms with Gasteiger partial charge in [0.15, 0.2) is 0 Å². The molecule has 0 unspecified atom stereocenters. The summed E-state index contributed by atoms with van der Waals surface area (Å²) in [6, 6.07) is 12.5. The molecule has 1 aromatic rings. The molecule has 0 saturated carbocycles. The number of carboxylic acids is 1. The van der Waals surface area contributed by atoms with E-state index >= 15 is 0 Å². The molecule has 5 nitrogen and oxygen atoms in total. The zero-order valence-electron chi connectivity index (χ0n) is 8.92. The van der Waals surface area contributed by atoms with Crippen molar-refractivity contribution >= 4 is 11.8 Å². The fourth-order valence-corrected chi connectivity index (χ4v) is 1.11. The summed E-state index contributed by atoms with van der Waals surface area (Å²) < 4.78 is 0. The molecule has 17 heavy (non-hydrogen) atoms. The first-order chi connectivity index (χ1) is 8.15. The van der Waals surface area contributed by atoms with Crippen molar-refractivity contribution in [2.24, 2.45) is 0 Å². The van der Waals surface area contributed by atoms with Gasteiger partial charge >= 0.3 is 5.97 Å². The molecule has 1 aromatic carbocycles. The number of amidine groups is 1. The van der Waals surface area contributed by atoms with Crippen LogP contribution >= 0.6 is 0 Å². The zero-order chi connectivity index (χ0) is 12.7. The fourth-order valence-electron chi connectivity index (χ4n) is 1.11. The molecule has 0 saturated heterocycles. The number of rotatable bonds is 2. The van der Waals surface area contributed by atoms with Crippen LogP contribution in [0, 0.1) is 5.41 Å². The van der Waals surface area contributed by atoms with E-state index < -0.39 is 5.97 Å². The molecule has 0 atom stereocenters. The molecule has 0 aliphatic rings. The molecule has 0 radical (unpaired) electrons. The minimum Gasteiger partial charge on any atom is -0.478 e. The number of aromatic carboxylic acids is 1. The van der Waals surface area contributed by atoms with E-state index in [2.05, 4.69) is 0 Å². The molecule has 0 spiro atoms. The van der Waals surface area contributed by atoms with E-state index in [1.807, 2.05) is 0 Å². The Balaban J connectivity index is 3.36. The molecule has 1 rings (SSSR count). The summed E-state index contributed by atoms with van der Waals surface area (Å²) in [5, 5.41) is 24.9. The van der Waals surface area contributed by atoms with E-state index in [4.69, 9.17) is 15.7 Å². The van der Waals surface area contributed by atoms with E-state index in [1.54, 1.807) is 35.8 Å². The average molecular weight is 232 g/mol. The van der Waals surface area contributed by atoms with Gasteiger partial charge in [-0.25, -0.2) is 4.79 Å². The van der Waals surface area contributed by atoms with Crippen molar-refractivity contribution in [1.29, 1.82) is 5.41 Å². The number of nitrogens with one attached hydrogen (secondary N) is 2. The number of carboxylic acid groups (broad SMARTS) is 1. The Morgan fingerprint density at radius 3 is 2.06 bits per heavy atom. The molecule has 0 bridgehead atoms. The van der Waals surface area contributed by atoms with E-state index in [-0.39, 0.29) is 11.4 Å². The molecule has 0 aromatic heterocycles. The first-order valence-electron chi connectivity index (χ1n) is 4.81. The Labute approximate surface area is 98.1 Å². The summed E-state index contributed by atoms with van der Waals surface area (Å²) >= 11 is 0. The third kappa shape index (κ3) is 3.92. The van der Waals surface area contributed by atoms with E-state index in [1.165, 1.54) is 18.2 Å². The Kier molecular flexibility index (Phi) is 4.65. The van der Waals surface area contributed by atoms with Crippen LogP contribution in [-0.2, 0) is 0 Å². The predicted molar refractivity (Wildman–Crippen MR) is 62.8 cm³/mol. The van der Waals surface area contributed by atoms with Crippen LogP contribution < -0.4 is 5.48 Å². The number of hydrogen-bond donors (Lipinski definition) is 4. The summed E-state index contributed by atoms with van der Waals surface area (Å²) in [5.41, 5.74) is 2.17. The Bertz CT molecular complexity index is 485. The molecule has 0 amide bonds. The minimum atomic E-state index is -1.06. The van der Waals surface area contributed by atoms with Crippen LogP contribution in [0.1, 0.15) is 15.9 Å². The van der Waals surface area contributed by atoms with Crippen molar-refractivity contribution < 1.29 is 15.1 Å². The van der Waals surface area contributed by atoms with Crippen LogP contribution in [0.5, 0.6) is 0 Å². The lowest BCUT2D eigenvalue weighted by molar-refractivity contribution is 0.0697. The maximum absolute atomic E-state index is 10.9. The van der Waals surface area contributed by atoms with Crippen molar-refractivity contribution in [3.05, 3.63) is 59.7 Å². The first kappa shape index (κ1) is 12.7. The molecule has 5 heteroatoms. The van der Waals surface area contributed by atoms with Gasteiger partial charge in [-0.05, 0) is 12.1 Å². The normalized spacial score (nSPS) is 9.00. The molecular formula is C12H12N2O3. The van der Waals surface area contributed by atoms with Crippen molar-refractivity contribution in [3.63, 3.8) is 0 Å². The van der Waals surface area contributed by atoms with Gasteiger partial charge in [0.2, 0.25) is 0 Å².